The molecule has 3 nitrogen and oxygen atoms in total. The van der Waals surface area contributed by atoms with E-state index < -0.39 is 17.8 Å². The molecule has 106 valence electrons. The zero-order valence-electron chi connectivity index (χ0n) is 10.5. The Morgan fingerprint density at radius 2 is 1.89 bits per heavy atom. The van der Waals surface area contributed by atoms with Crippen molar-refractivity contribution in [1.29, 1.82) is 0 Å². The van der Waals surface area contributed by atoms with Gasteiger partial charge in [0.05, 0.1) is 11.7 Å². The first kappa shape index (κ1) is 14.1. The van der Waals surface area contributed by atoms with Crippen LogP contribution < -0.4 is 10.6 Å². The highest BCUT2D eigenvalue weighted by Crippen LogP contribution is 2.38. The summed E-state index contributed by atoms with van der Waals surface area (Å²) in [6, 6.07) is 4.21. The van der Waals surface area contributed by atoms with Gasteiger partial charge >= 0.3 is 6.18 Å². The highest BCUT2D eigenvalue weighted by molar-refractivity contribution is 5.56. The van der Waals surface area contributed by atoms with E-state index in [0.29, 0.717) is 31.5 Å². The molecule has 3 N–H and O–H groups in total. The Kier molecular flexibility index (Phi) is 4.01. The van der Waals surface area contributed by atoms with Crippen molar-refractivity contribution in [3.63, 3.8) is 0 Å². The third-order valence-electron chi connectivity index (χ3n) is 3.41. The van der Waals surface area contributed by atoms with Gasteiger partial charge in [-0.3, -0.25) is 0 Å². The maximum atomic E-state index is 13.1. The Morgan fingerprint density at radius 1 is 1.26 bits per heavy atom. The fraction of sp³-hybridized carbons (Fsp3) is 0.538. The molecule has 0 amide bonds. The smallest absolute Gasteiger partial charge is 0.393 e. The molecule has 1 aliphatic rings. The second-order valence-electron chi connectivity index (χ2n) is 4.77. The average Bonchev–Trinajstić information content (AvgIpc) is 2.38. The standard InChI is InChI=1S/C13H17F3N2O/c14-13(15,16)11-7-9(8-17)1-2-12(11)18-5-3-10(19)4-6-18/h1-2,7,10,19H,3-6,8,17H2. The van der Waals surface area contributed by atoms with Crippen molar-refractivity contribution in [2.75, 3.05) is 18.0 Å². The number of piperidine rings is 1. The number of alkyl halides is 3. The molecular weight excluding hydrogens is 257 g/mol. The minimum atomic E-state index is -4.39. The number of aliphatic hydroxyl groups is 1. The maximum Gasteiger partial charge on any atom is 0.418 e. The fourth-order valence-corrected chi connectivity index (χ4v) is 2.32. The number of rotatable bonds is 2. The lowest BCUT2D eigenvalue weighted by atomic mass is 10.0. The summed E-state index contributed by atoms with van der Waals surface area (Å²) in [5.41, 5.74) is 5.39. The molecule has 2 rings (SSSR count). The maximum absolute atomic E-state index is 13.1. The summed E-state index contributed by atoms with van der Waals surface area (Å²) in [5, 5.41) is 9.42. The summed E-state index contributed by atoms with van der Waals surface area (Å²) >= 11 is 0. The molecule has 1 aromatic rings. The van der Waals surface area contributed by atoms with Gasteiger partial charge in [0.1, 0.15) is 0 Å². The van der Waals surface area contributed by atoms with Crippen LogP contribution in [0.3, 0.4) is 0 Å². The molecule has 0 bridgehead atoms. The van der Waals surface area contributed by atoms with Crippen molar-refractivity contribution in [3.8, 4) is 0 Å². The van der Waals surface area contributed by atoms with Gasteiger partial charge in [0.2, 0.25) is 0 Å². The lowest BCUT2D eigenvalue weighted by Gasteiger charge is -2.33. The van der Waals surface area contributed by atoms with E-state index >= 15 is 0 Å². The topological polar surface area (TPSA) is 49.5 Å². The van der Waals surface area contributed by atoms with Gasteiger partial charge in [-0.1, -0.05) is 6.07 Å². The van der Waals surface area contributed by atoms with Crippen molar-refractivity contribution in [2.24, 2.45) is 5.73 Å². The normalized spacial score (nSPS) is 17.8. The fourth-order valence-electron chi connectivity index (χ4n) is 2.32. The van der Waals surface area contributed by atoms with E-state index in [1.54, 1.807) is 11.0 Å². The zero-order chi connectivity index (χ0) is 14.0. The second kappa shape index (κ2) is 5.38. The zero-order valence-corrected chi connectivity index (χ0v) is 10.5. The first-order valence-electron chi connectivity index (χ1n) is 6.25. The lowest BCUT2D eigenvalue weighted by Crippen LogP contribution is -2.37. The molecule has 19 heavy (non-hydrogen) atoms. The Bertz CT molecular complexity index is 440. The van der Waals surface area contributed by atoms with E-state index in [4.69, 9.17) is 5.73 Å². The van der Waals surface area contributed by atoms with Crippen LogP contribution in [0.2, 0.25) is 0 Å². The van der Waals surface area contributed by atoms with Gasteiger partial charge < -0.3 is 15.7 Å². The van der Waals surface area contributed by atoms with Gasteiger partial charge in [-0.05, 0) is 30.5 Å². The van der Waals surface area contributed by atoms with Crippen LogP contribution in [-0.4, -0.2) is 24.3 Å². The molecule has 0 unspecified atom stereocenters. The van der Waals surface area contributed by atoms with Gasteiger partial charge in [-0.2, -0.15) is 13.2 Å². The van der Waals surface area contributed by atoms with E-state index in [0.717, 1.165) is 6.07 Å². The predicted molar refractivity (Wildman–Crippen MR) is 66.8 cm³/mol. The summed E-state index contributed by atoms with van der Waals surface area (Å²) in [7, 11) is 0. The summed E-state index contributed by atoms with van der Waals surface area (Å²) in [6.45, 7) is 0.959. The molecule has 0 radical (unpaired) electrons. The number of nitrogens with two attached hydrogens (primary N) is 1. The SMILES string of the molecule is NCc1ccc(N2CCC(O)CC2)c(C(F)(F)F)c1. The summed E-state index contributed by atoms with van der Waals surface area (Å²) in [6.07, 6.45) is -3.81. The first-order valence-corrected chi connectivity index (χ1v) is 6.25. The number of anilines is 1. The van der Waals surface area contributed by atoms with Crippen LogP contribution in [-0.2, 0) is 12.7 Å². The number of aliphatic hydroxyl groups excluding tert-OH is 1. The molecule has 0 atom stereocenters. The number of halogens is 3. The van der Waals surface area contributed by atoms with Gasteiger partial charge in [0.25, 0.3) is 0 Å². The van der Waals surface area contributed by atoms with Crippen LogP contribution in [0, 0.1) is 0 Å². The summed E-state index contributed by atoms with van der Waals surface area (Å²) < 4.78 is 39.2. The molecule has 0 aromatic heterocycles. The van der Waals surface area contributed by atoms with E-state index in [1.807, 2.05) is 0 Å². The van der Waals surface area contributed by atoms with Crippen LogP contribution in [0.1, 0.15) is 24.0 Å². The summed E-state index contributed by atoms with van der Waals surface area (Å²) in [4.78, 5) is 1.68. The van der Waals surface area contributed by atoms with Crippen molar-refractivity contribution in [3.05, 3.63) is 29.3 Å². The van der Waals surface area contributed by atoms with Crippen LogP contribution in [0.4, 0.5) is 18.9 Å². The number of nitrogens with zero attached hydrogens (tertiary/aromatic N) is 1. The largest absolute Gasteiger partial charge is 0.418 e. The number of hydrogen-bond acceptors (Lipinski definition) is 3. The molecule has 1 saturated heterocycles. The molecule has 0 aliphatic carbocycles. The second-order valence-corrected chi connectivity index (χ2v) is 4.77. The third-order valence-corrected chi connectivity index (χ3v) is 3.41. The quantitative estimate of drug-likeness (QED) is 0.868. The molecule has 0 saturated carbocycles. The molecule has 1 heterocycles. The lowest BCUT2D eigenvalue weighted by molar-refractivity contribution is -0.137. The Morgan fingerprint density at radius 3 is 2.42 bits per heavy atom. The highest BCUT2D eigenvalue weighted by Gasteiger charge is 2.35. The third kappa shape index (κ3) is 3.19. The molecule has 6 heteroatoms. The minimum absolute atomic E-state index is 0.0854. The van der Waals surface area contributed by atoms with E-state index in [-0.39, 0.29) is 12.2 Å². The molecule has 0 spiro atoms. The predicted octanol–water partition coefficient (Wildman–Crippen LogP) is 2.13. The van der Waals surface area contributed by atoms with Gasteiger partial charge in [-0.25, -0.2) is 0 Å². The van der Waals surface area contributed by atoms with Crippen LogP contribution in [0.15, 0.2) is 18.2 Å². The van der Waals surface area contributed by atoms with E-state index in [2.05, 4.69) is 0 Å². The Labute approximate surface area is 109 Å². The van der Waals surface area contributed by atoms with Crippen LogP contribution >= 0.6 is 0 Å². The highest BCUT2D eigenvalue weighted by atomic mass is 19.4. The van der Waals surface area contributed by atoms with Crippen LogP contribution in [0.25, 0.3) is 0 Å². The molecule has 1 aromatic carbocycles. The number of benzene rings is 1. The van der Waals surface area contributed by atoms with Gasteiger partial charge in [0, 0.05) is 25.3 Å². The van der Waals surface area contributed by atoms with Crippen LogP contribution in [0.5, 0.6) is 0 Å². The summed E-state index contributed by atoms with van der Waals surface area (Å²) in [5.74, 6) is 0. The van der Waals surface area contributed by atoms with Gasteiger partial charge in [0.15, 0.2) is 0 Å². The molecule has 1 fully saturated rings. The first-order chi connectivity index (χ1) is 8.91. The van der Waals surface area contributed by atoms with Crippen molar-refractivity contribution < 1.29 is 18.3 Å². The van der Waals surface area contributed by atoms with Crippen molar-refractivity contribution in [1.82, 2.24) is 0 Å². The van der Waals surface area contributed by atoms with Crippen molar-refractivity contribution >= 4 is 5.69 Å². The van der Waals surface area contributed by atoms with E-state index in [9.17, 15) is 18.3 Å². The molecular formula is C13H17F3N2O. The van der Waals surface area contributed by atoms with Crippen molar-refractivity contribution in [2.45, 2.75) is 31.7 Å². The average molecular weight is 274 g/mol. The van der Waals surface area contributed by atoms with Gasteiger partial charge in [-0.15, -0.1) is 0 Å². The number of hydrogen-bond donors (Lipinski definition) is 2. The molecule has 1 aliphatic heterocycles. The monoisotopic (exact) mass is 274 g/mol. The minimum Gasteiger partial charge on any atom is -0.393 e. The Hall–Kier alpha value is -1.27. The van der Waals surface area contributed by atoms with E-state index in [1.165, 1.54) is 6.07 Å². The Balaban J connectivity index is 2.34.